The molecule has 4 aromatic rings. The lowest BCUT2D eigenvalue weighted by atomic mass is 9.94. The Morgan fingerprint density at radius 2 is 1.59 bits per heavy atom. The zero-order chi connectivity index (χ0) is 23.8. The quantitative estimate of drug-likeness (QED) is 0.411. The highest BCUT2D eigenvalue weighted by Gasteiger charge is 2.32. The number of fused-ring (bicyclic) bond motifs is 1. The Hall–Kier alpha value is -4.13. The van der Waals surface area contributed by atoms with Crippen LogP contribution in [-0.4, -0.2) is 51.1 Å². The van der Waals surface area contributed by atoms with Crippen LogP contribution < -0.4 is 0 Å². The molecule has 0 radical (unpaired) electrons. The summed E-state index contributed by atoms with van der Waals surface area (Å²) in [5.74, 6) is -0.128. The Morgan fingerprint density at radius 3 is 2.29 bits per heavy atom. The summed E-state index contributed by atoms with van der Waals surface area (Å²) in [7, 11) is 1.71. The predicted octanol–water partition coefficient (Wildman–Crippen LogP) is 4.13. The van der Waals surface area contributed by atoms with Gasteiger partial charge in [-0.25, -0.2) is 9.97 Å². The molecule has 1 aliphatic heterocycles. The summed E-state index contributed by atoms with van der Waals surface area (Å²) in [6, 6.07) is 18.7. The maximum atomic E-state index is 13.0. The van der Waals surface area contributed by atoms with E-state index in [1.807, 2.05) is 55.5 Å². The van der Waals surface area contributed by atoms with Crippen molar-refractivity contribution in [3.63, 3.8) is 0 Å². The number of para-hydroxylation sites is 1. The van der Waals surface area contributed by atoms with Crippen LogP contribution in [0.25, 0.3) is 21.7 Å². The molecule has 34 heavy (non-hydrogen) atoms. The lowest BCUT2D eigenvalue weighted by Gasteiger charge is -2.27. The zero-order valence-corrected chi connectivity index (χ0v) is 19.1. The molecule has 0 unspecified atom stereocenters. The summed E-state index contributed by atoms with van der Waals surface area (Å²) >= 11 is 0. The van der Waals surface area contributed by atoms with Gasteiger partial charge in [-0.2, -0.15) is 0 Å². The van der Waals surface area contributed by atoms with Gasteiger partial charge in [-0.1, -0.05) is 42.5 Å². The first-order valence-electron chi connectivity index (χ1n) is 11.3. The van der Waals surface area contributed by atoms with Crippen LogP contribution in [0, 0.1) is 6.92 Å². The summed E-state index contributed by atoms with van der Waals surface area (Å²) in [5, 5.41) is 2.57. The van der Waals surface area contributed by atoms with E-state index in [-0.39, 0.29) is 30.7 Å². The van der Waals surface area contributed by atoms with E-state index in [2.05, 4.69) is 9.97 Å². The van der Waals surface area contributed by atoms with Crippen LogP contribution in [0.1, 0.15) is 45.1 Å². The average molecular weight is 453 g/mol. The molecule has 0 N–H and O–H groups in total. The second kappa shape index (κ2) is 8.67. The van der Waals surface area contributed by atoms with Gasteiger partial charge < -0.3 is 4.90 Å². The molecule has 0 spiro atoms. The van der Waals surface area contributed by atoms with E-state index in [1.165, 1.54) is 4.90 Å². The number of aryl methyl sites for hydroxylation is 1. The Bertz CT molecular complexity index is 1410. The summed E-state index contributed by atoms with van der Waals surface area (Å²) in [5.41, 5.74) is 2.78. The van der Waals surface area contributed by atoms with Gasteiger partial charge in [-0.15, -0.1) is 0 Å². The van der Waals surface area contributed by atoms with Crippen molar-refractivity contribution >= 4 is 39.4 Å². The van der Waals surface area contributed by atoms with Gasteiger partial charge in [0.15, 0.2) is 0 Å². The van der Waals surface area contributed by atoms with Gasteiger partial charge in [-0.05, 0) is 36.9 Å². The van der Waals surface area contributed by atoms with E-state index in [9.17, 15) is 14.4 Å². The second-order valence-corrected chi connectivity index (χ2v) is 8.57. The number of imide groups is 1. The van der Waals surface area contributed by atoms with E-state index in [0.717, 1.165) is 22.0 Å². The predicted molar refractivity (Wildman–Crippen MR) is 129 cm³/mol. The van der Waals surface area contributed by atoms with Crippen LogP contribution >= 0.6 is 0 Å². The fraction of sp³-hybridized carbons (Fsp3) is 0.222. The Labute approximate surface area is 197 Å². The number of benzene rings is 3. The summed E-state index contributed by atoms with van der Waals surface area (Å²) < 4.78 is 0. The molecule has 3 aromatic carbocycles. The normalized spacial score (nSPS) is 13.1. The third kappa shape index (κ3) is 3.79. The number of aromatic nitrogens is 2. The lowest BCUT2D eigenvalue weighted by Crippen LogP contribution is -2.41. The molecule has 3 amide bonds. The van der Waals surface area contributed by atoms with E-state index in [1.54, 1.807) is 24.1 Å². The highest BCUT2D eigenvalue weighted by atomic mass is 16.2. The van der Waals surface area contributed by atoms with Crippen LogP contribution in [0.15, 0.2) is 60.7 Å². The van der Waals surface area contributed by atoms with Gasteiger partial charge in [0.2, 0.25) is 5.91 Å². The van der Waals surface area contributed by atoms with Gasteiger partial charge in [-0.3, -0.25) is 19.3 Å². The molecule has 0 atom stereocenters. The number of carbonyl (C=O) groups is 3. The number of hydrogen-bond acceptors (Lipinski definition) is 5. The highest BCUT2D eigenvalue weighted by molar-refractivity contribution is 6.25. The van der Waals surface area contributed by atoms with Crippen molar-refractivity contribution < 1.29 is 14.4 Å². The van der Waals surface area contributed by atoms with Crippen LogP contribution in [0.5, 0.6) is 0 Å². The second-order valence-electron chi connectivity index (χ2n) is 8.57. The molecule has 1 aliphatic rings. The molecular weight excluding hydrogens is 428 g/mol. The molecular formula is C27H24N4O3. The molecule has 0 aliphatic carbocycles. The Kier molecular flexibility index (Phi) is 5.53. The molecule has 7 heteroatoms. The fourth-order valence-electron chi connectivity index (χ4n) is 4.53. The van der Waals surface area contributed by atoms with Crippen molar-refractivity contribution in [2.45, 2.75) is 26.3 Å². The molecule has 7 nitrogen and oxygen atoms in total. The molecule has 1 aromatic heterocycles. The monoisotopic (exact) mass is 452 g/mol. The first-order valence-corrected chi connectivity index (χ1v) is 11.3. The minimum Gasteiger partial charge on any atom is -0.338 e. The van der Waals surface area contributed by atoms with Crippen LogP contribution in [0.3, 0.4) is 0 Å². The van der Waals surface area contributed by atoms with Crippen molar-refractivity contribution in [3.8, 4) is 0 Å². The lowest BCUT2D eigenvalue weighted by molar-refractivity contribution is -0.130. The first-order chi connectivity index (χ1) is 16.4. The van der Waals surface area contributed by atoms with Crippen molar-refractivity contribution in [1.82, 2.24) is 19.8 Å². The van der Waals surface area contributed by atoms with Gasteiger partial charge in [0, 0.05) is 47.6 Å². The topological polar surface area (TPSA) is 83.5 Å². The summed E-state index contributed by atoms with van der Waals surface area (Å²) in [6.07, 6.45) is 0.600. The molecule has 0 saturated heterocycles. The number of amides is 3. The fourth-order valence-corrected chi connectivity index (χ4v) is 4.53. The summed E-state index contributed by atoms with van der Waals surface area (Å²) in [4.78, 5) is 50.7. The van der Waals surface area contributed by atoms with E-state index >= 15 is 0 Å². The molecule has 170 valence electrons. The maximum absolute atomic E-state index is 13.0. The van der Waals surface area contributed by atoms with Gasteiger partial charge in [0.05, 0.1) is 12.1 Å². The zero-order valence-electron chi connectivity index (χ0n) is 19.1. The standard InChI is InChI=1S/C27H24N4O3/c1-17-19-10-3-4-13-22(19)29-23(28-17)16-30(2)24(32)14-7-15-31-26(33)20-11-5-8-18-9-6-12-21(25(18)20)27(31)34/h3-6,8-13H,7,14-16H2,1-2H3. The SMILES string of the molecule is Cc1nc(CN(C)C(=O)CCCN2C(=O)c3cccc4cccc(c34)C2=O)nc2ccccc12. The maximum Gasteiger partial charge on any atom is 0.261 e. The summed E-state index contributed by atoms with van der Waals surface area (Å²) in [6.45, 7) is 2.41. The van der Waals surface area contributed by atoms with Crippen molar-refractivity contribution in [1.29, 1.82) is 0 Å². The van der Waals surface area contributed by atoms with Crippen molar-refractivity contribution in [2.75, 3.05) is 13.6 Å². The van der Waals surface area contributed by atoms with Crippen molar-refractivity contribution in [2.24, 2.45) is 0 Å². The molecule has 0 bridgehead atoms. The van der Waals surface area contributed by atoms with Crippen LogP contribution in [0.4, 0.5) is 0 Å². The minimum absolute atomic E-state index is 0.0891. The smallest absolute Gasteiger partial charge is 0.261 e. The molecule has 0 fully saturated rings. The van der Waals surface area contributed by atoms with Gasteiger partial charge in [0.25, 0.3) is 11.8 Å². The van der Waals surface area contributed by atoms with E-state index in [0.29, 0.717) is 35.3 Å². The molecule has 5 rings (SSSR count). The van der Waals surface area contributed by atoms with Crippen LogP contribution in [-0.2, 0) is 11.3 Å². The van der Waals surface area contributed by atoms with Crippen LogP contribution in [0.2, 0.25) is 0 Å². The number of hydrogen-bond donors (Lipinski definition) is 0. The third-order valence-corrected chi connectivity index (χ3v) is 6.27. The number of nitrogens with zero attached hydrogens (tertiary/aromatic N) is 4. The molecule has 2 heterocycles. The largest absolute Gasteiger partial charge is 0.338 e. The number of carbonyl (C=O) groups excluding carboxylic acids is 3. The Balaban J connectivity index is 1.23. The minimum atomic E-state index is -0.310. The van der Waals surface area contributed by atoms with Gasteiger partial charge in [0.1, 0.15) is 5.82 Å². The van der Waals surface area contributed by atoms with E-state index in [4.69, 9.17) is 0 Å². The number of rotatable bonds is 6. The first kappa shape index (κ1) is 21.7. The Morgan fingerprint density at radius 1 is 0.912 bits per heavy atom. The molecule has 0 saturated carbocycles. The highest BCUT2D eigenvalue weighted by Crippen LogP contribution is 2.30. The third-order valence-electron chi connectivity index (χ3n) is 6.27. The van der Waals surface area contributed by atoms with Crippen molar-refractivity contribution in [3.05, 3.63) is 83.3 Å². The van der Waals surface area contributed by atoms with Gasteiger partial charge >= 0.3 is 0 Å². The average Bonchev–Trinajstić information content (AvgIpc) is 2.84. The van der Waals surface area contributed by atoms with E-state index < -0.39 is 0 Å².